The second-order valence-corrected chi connectivity index (χ2v) is 15.8. The highest BCUT2D eigenvalue weighted by molar-refractivity contribution is 5.69. The van der Waals surface area contributed by atoms with Crippen LogP contribution in [0.3, 0.4) is 0 Å². The number of aliphatic hydroxyl groups is 4. The van der Waals surface area contributed by atoms with Crippen LogP contribution in [0.15, 0.2) is 85.1 Å². The first-order valence-corrected chi connectivity index (χ1v) is 23.7. The maximum absolute atomic E-state index is 12.8. The Morgan fingerprint density at radius 2 is 1.02 bits per heavy atom. The molecule has 9 nitrogen and oxygen atoms in total. The van der Waals surface area contributed by atoms with Crippen molar-refractivity contribution in [3.05, 3.63) is 85.1 Å². The number of hydrogen-bond donors (Lipinski definition) is 4. The zero-order valence-electron chi connectivity index (χ0n) is 37.7. The topological polar surface area (TPSA) is 135 Å². The highest BCUT2D eigenvalue weighted by Crippen LogP contribution is 2.22. The molecule has 0 aliphatic carbocycles. The second-order valence-electron chi connectivity index (χ2n) is 15.8. The van der Waals surface area contributed by atoms with Crippen LogP contribution in [-0.2, 0) is 23.7 Å². The van der Waals surface area contributed by atoms with Gasteiger partial charge >= 0.3 is 5.97 Å². The lowest BCUT2D eigenvalue weighted by Gasteiger charge is -2.39. The van der Waals surface area contributed by atoms with Crippen molar-refractivity contribution < 1.29 is 44.2 Å². The summed E-state index contributed by atoms with van der Waals surface area (Å²) >= 11 is 0. The van der Waals surface area contributed by atoms with Crippen LogP contribution in [0, 0.1) is 0 Å². The molecule has 0 aromatic carbocycles. The van der Waals surface area contributed by atoms with E-state index in [0.717, 1.165) is 77.0 Å². The van der Waals surface area contributed by atoms with Crippen molar-refractivity contribution >= 4 is 5.97 Å². The van der Waals surface area contributed by atoms with Crippen LogP contribution in [0.5, 0.6) is 0 Å². The van der Waals surface area contributed by atoms with E-state index in [1.807, 2.05) is 0 Å². The van der Waals surface area contributed by atoms with Gasteiger partial charge in [0.1, 0.15) is 30.5 Å². The van der Waals surface area contributed by atoms with Crippen LogP contribution in [0.1, 0.15) is 168 Å². The minimum atomic E-state index is -1.55. The molecule has 1 heterocycles. The van der Waals surface area contributed by atoms with E-state index in [0.29, 0.717) is 13.0 Å². The average Bonchev–Trinajstić information content (AvgIpc) is 3.25. The number of esters is 1. The molecular formula is C51H86O9. The summed E-state index contributed by atoms with van der Waals surface area (Å²) in [5.41, 5.74) is 0. The van der Waals surface area contributed by atoms with Crippen molar-refractivity contribution in [1.82, 2.24) is 0 Å². The molecule has 1 fully saturated rings. The van der Waals surface area contributed by atoms with Crippen molar-refractivity contribution in [2.75, 3.05) is 26.4 Å². The number of ether oxygens (including phenoxy) is 4. The van der Waals surface area contributed by atoms with Gasteiger partial charge in [-0.25, -0.2) is 0 Å². The van der Waals surface area contributed by atoms with E-state index >= 15 is 0 Å². The van der Waals surface area contributed by atoms with Crippen molar-refractivity contribution in [2.24, 2.45) is 0 Å². The van der Waals surface area contributed by atoms with E-state index in [1.54, 1.807) is 0 Å². The van der Waals surface area contributed by atoms with Crippen molar-refractivity contribution in [3.63, 3.8) is 0 Å². The lowest BCUT2D eigenvalue weighted by Crippen LogP contribution is -2.59. The van der Waals surface area contributed by atoms with Crippen LogP contribution in [0.2, 0.25) is 0 Å². The van der Waals surface area contributed by atoms with Gasteiger partial charge in [0.2, 0.25) is 0 Å². The van der Waals surface area contributed by atoms with E-state index < -0.39 is 43.4 Å². The van der Waals surface area contributed by atoms with Crippen LogP contribution in [-0.4, -0.2) is 89.6 Å². The van der Waals surface area contributed by atoms with Gasteiger partial charge in [0.15, 0.2) is 6.29 Å². The smallest absolute Gasteiger partial charge is 0.306 e. The van der Waals surface area contributed by atoms with E-state index in [2.05, 4.69) is 98.9 Å². The number of allylic oxidation sites excluding steroid dienone is 14. The fourth-order valence-electron chi connectivity index (χ4n) is 6.65. The monoisotopic (exact) mass is 843 g/mol. The maximum atomic E-state index is 12.8. The molecule has 1 rings (SSSR count). The average molecular weight is 843 g/mol. The van der Waals surface area contributed by atoms with Crippen LogP contribution in [0.25, 0.3) is 0 Å². The Labute approximate surface area is 365 Å². The number of aliphatic hydroxyl groups excluding tert-OH is 4. The fourth-order valence-corrected chi connectivity index (χ4v) is 6.65. The van der Waals surface area contributed by atoms with Gasteiger partial charge in [-0.05, 0) is 70.6 Å². The predicted molar refractivity (Wildman–Crippen MR) is 247 cm³/mol. The van der Waals surface area contributed by atoms with Gasteiger partial charge < -0.3 is 39.4 Å². The summed E-state index contributed by atoms with van der Waals surface area (Å²) < 4.78 is 22.8. The van der Waals surface area contributed by atoms with E-state index in [-0.39, 0.29) is 25.6 Å². The summed E-state index contributed by atoms with van der Waals surface area (Å²) in [5, 5.41) is 40.1. The molecule has 0 radical (unpaired) electrons. The third kappa shape index (κ3) is 32.1. The summed E-state index contributed by atoms with van der Waals surface area (Å²) in [7, 11) is 0. The molecule has 1 saturated heterocycles. The Morgan fingerprint density at radius 3 is 1.52 bits per heavy atom. The van der Waals surface area contributed by atoms with Gasteiger partial charge in [0.25, 0.3) is 0 Å². The summed E-state index contributed by atoms with van der Waals surface area (Å²) in [6, 6.07) is 0. The largest absolute Gasteiger partial charge is 0.457 e. The molecule has 9 heteroatoms. The fraction of sp³-hybridized carbons (Fsp3) is 0.706. The number of carbonyl (C=O) groups is 1. The van der Waals surface area contributed by atoms with Gasteiger partial charge in [-0.15, -0.1) is 0 Å². The molecular weight excluding hydrogens is 757 g/mol. The van der Waals surface area contributed by atoms with Gasteiger partial charge in [0.05, 0.1) is 19.8 Å². The molecule has 0 saturated carbocycles. The van der Waals surface area contributed by atoms with Crippen LogP contribution >= 0.6 is 0 Å². The molecule has 0 aromatic rings. The Kier molecular flexibility index (Phi) is 38.5. The first kappa shape index (κ1) is 55.4. The Morgan fingerprint density at radius 1 is 0.550 bits per heavy atom. The zero-order chi connectivity index (χ0) is 43.6. The minimum absolute atomic E-state index is 0.128. The molecule has 6 unspecified atom stereocenters. The number of unbranched alkanes of at least 4 members (excludes halogenated alkanes) is 14. The third-order valence-electron chi connectivity index (χ3n) is 10.3. The molecule has 0 amide bonds. The zero-order valence-corrected chi connectivity index (χ0v) is 37.7. The van der Waals surface area contributed by atoms with E-state index in [9.17, 15) is 25.2 Å². The van der Waals surface area contributed by atoms with Gasteiger partial charge in [-0.2, -0.15) is 0 Å². The summed E-state index contributed by atoms with van der Waals surface area (Å²) in [6.07, 6.45) is 48.9. The standard InChI is InChI=1S/C51H86O9/c1-3-5-7-9-11-13-15-17-18-19-20-21-22-23-24-25-26-27-28-29-30-32-34-36-38-40-47(53)59-45(44-58-51-50(56)49(55)48(54)46(42-52)60-51)43-57-41-39-37-35-33-31-16-14-12-10-8-6-4-2/h5,7,11,13,17-18,20-21,23-24,26-27,29-30,45-46,48-52,54-56H,3-4,6,8-10,12,14-16,19,22,25,28,31-44H2,1-2H3/b7-5-,13-11-,18-17-,21-20-,24-23-,27-26-,30-29-. The van der Waals surface area contributed by atoms with Crippen molar-refractivity contribution in [2.45, 2.75) is 205 Å². The third-order valence-corrected chi connectivity index (χ3v) is 10.3. The SMILES string of the molecule is CC/C=C\C/C=C\C/C=C\C/C=C\C/C=C\C/C=C\C/C=C\CCCCCC(=O)OC(COCCCCCCCCCCCCCC)COC1OC(CO)C(O)C(O)C1O. The number of hydrogen-bond acceptors (Lipinski definition) is 9. The molecule has 60 heavy (non-hydrogen) atoms. The van der Waals surface area contributed by atoms with Crippen molar-refractivity contribution in [1.29, 1.82) is 0 Å². The number of rotatable bonds is 39. The normalized spacial score (nSPS) is 20.8. The summed E-state index contributed by atoms with van der Waals surface area (Å²) in [5.74, 6) is -0.348. The van der Waals surface area contributed by atoms with Crippen molar-refractivity contribution in [3.8, 4) is 0 Å². The van der Waals surface area contributed by atoms with Gasteiger partial charge in [-0.3, -0.25) is 4.79 Å². The highest BCUT2D eigenvalue weighted by atomic mass is 16.7. The summed E-state index contributed by atoms with van der Waals surface area (Å²) in [6.45, 7) is 4.39. The lowest BCUT2D eigenvalue weighted by atomic mass is 9.99. The Hall–Kier alpha value is -2.63. The molecule has 0 aromatic heterocycles. The second kappa shape index (κ2) is 41.7. The Balaban J connectivity index is 2.27. The Bertz CT molecular complexity index is 1190. The molecule has 6 atom stereocenters. The molecule has 0 bridgehead atoms. The molecule has 344 valence electrons. The first-order valence-electron chi connectivity index (χ1n) is 23.7. The molecule has 4 N–H and O–H groups in total. The molecule has 0 spiro atoms. The van der Waals surface area contributed by atoms with E-state index in [4.69, 9.17) is 18.9 Å². The quantitative estimate of drug-likeness (QED) is 0.0271. The molecule has 1 aliphatic rings. The lowest BCUT2D eigenvalue weighted by molar-refractivity contribution is -0.305. The first-order chi connectivity index (χ1) is 29.4. The maximum Gasteiger partial charge on any atom is 0.306 e. The predicted octanol–water partition coefficient (Wildman–Crippen LogP) is 11.0. The van der Waals surface area contributed by atoms with Crippen LogP contribution in [0.4, 0.5) is 0 Å². The van der Waals surface area contributed by atoms with Gasteiger partial charge in [0, 0.05) is 13.0 Å². The summed E-state index contributed by atoms with van der Waals surface area (Å²) in [4.78, 5) is 12.8. The number of carbonyl (C=O) groups excluding carboxylic acids is 1. The minimum Gasteiger partial charge on any atom is -0.457 e. The molecule has 1 aliphatic heterocycles. The van der Waals surface area contributed by atoms with E-state index in [1.165, 1.54) is 64.2 Å². The van der Waals surface area contributed by atoms with Crippen LogP contribution < -0.4 is 0 Å². The highest BCUT2D eigenvalue weighted by Gasteiger charge is 2.44. The van der Waals surface area contributed by atoms with Gasteiger partial charge in [-0.1, -0.05) is 176 Å².